The number of ether oxygens (including phenoxy) is 3. The summed E-state index contributed by atoms with van der Waals surface area (Å²) in [4.78, 5) is 46.4. The number of benzene rings is 2. The Morgan fingerprint density at radius 2 is 1.70 bits per heavy atom. The van der Waals surface area contributed by atoms with Crippen molar-refractivity contribution in [3.05, 3.63) is 62.7 Å². The van der Waals surface area contributed by atoms with Crippen LogP contribution < -0.4 is 10.1 Å². The van der Waals surface area contributed by atoms with E-state index in [2.05, 4.69) is 5.32 Å². The molecular formula is C19H17ClN2O8. The Balaban J connectivity index is 2.07. The van der Waals surface area contributed by atoms with E-state index in [-0.39, 0.29) is 22.8 Å². The molecule has 0 heterocycles. The van der Waals surface area contributed by atoms with Gasteiger partial charge in [-0.3, -0.25) is 14.9 Å². The standard InChI is InChI=1S/C19H17ClN2O8/c1-3-29-18(24)11-6-12(8-14(7-11)22(26)27)19(25)30-10-17(23)21-13-4-5-16(28-2)15(20)9-13/h4-9H,3,10H2,1-2H3,(H,21,23). The van der Waals surface area contributed by atoms with Crippen LogP contribution in [0.4, 0.5) is 11.4 Å². The number of nitrogens with one attached hydrogen (secondary N) is 1. The number of carbonyl (C=O) groups is 3. The second kappa shape index (κ2) is 10.2. The molecule has 1 amide bonds. The molecule has 0 saturated heterocycles. The van der Waals surface area contributed by atoms with Crippen molar-refractivity contribution in [3.8, 4) is 5.75 Å². The number of anilines is 1. The smallest absolute Gasteiger partial charge is 0.338 e. The maximum absolute atomic E-state index is 12.2. The van der Waals surface area contributed by atoms with E-state index in [1.54, 1.807) is 13.0 Å². The lowest BCUT2D eigenvalue weighted by atomic mass is 10.1. The second-order valence-corrected chi connectivity index (χ2v) is 6.13. The maximum Gasteiger partial charge on any atom is 0.338 e. The lowest BCUT2D eigenvalue weighted by Gasteiger charge is -2.09. The third-order valence-electron chi connectivity index (χ3n) is 3.65. The Morgan fingerprint density at radius 3 is 2.23 bits per heavy atom. The van der Waals surface area contributed by atoms with Crippen molar-refractivity contribution in [3.63, 3.8) is 0 Å². The SMILES string of the molecule is CCOC(=O)c1cc(C(=O)OCC(=O)Nc2ccc(OC)c(Cl)c2)cc([N+](=O)[O-])c1. The van der Waals surface area contributed by atoms with Gasteiger partial charge in [0.05, 0.1) is 34.8 Å². The fraction of sp³-hybridized carbons (Fsp3) is 0.211. The lowest BCUT2D eigenvalue weighted by molar-refractivity contribution is -0.384. The minimum absolute atomic E-state index is 0.0524. The van der Waals surface area contributed by atoms with Crippen molar-refractivity contribution in [2.45, 2.75) is 6.92 Å². The van der Waals surface area contributed by atoms with Gasteiger partial charge < -0.3 is 19.5 Å². The van der Waals surface area contributed by atoms with Crippen molar-refractivity contribution in [1.82, 2.24) is 0 Å². The summed E-state index contributed by atoms with van der Waals surface area (Å²) in [5.74, 6) is -2.10. The van der Waals surface area contributed by atoms with Crippen LogP contribution in [-0.4, -0.2) is 43.1 Å². The molecule has 1 N–H and O–H groups in total. The molecule has 0 radical (unpaired) electrons. The second-order valence-electron chi connectivity index (χ2n) is 5.72. The number of nitro benzene ring substituents is 1. The molecule has 11 heteroatoms. The monoisotopic (exact) mass is 436 g/mol. The Morgan fingerprint density at radius 1 is 1.07 bits per heavy atom. The van der Waals surface area contributed by atoms with Crippen LogP contribution >= 0.6 is 11.6 Å². The van der Waals surface area contributed by atoms with Crippen molar-refractivity contribution in [2.75, 3.05) is 25.6 Å². The van der Waals surface area contributed by atoms with Gasteiger partial charge in [0, 0.05) is 17.8 Å². The Bertz CT molecular complexity index is 992. The molecule has 0 aliphatic heterocycles. The molecule has 0 atom stereocenters. The third-order valence-corrected chi connectivity index (χ3v) is 3.94. The molecule has 0 aromatic heterocycles. The molecule has 2 rings (SSSR count). The Labute approximate surface area is 175 Å². The van der Waals surface area contributed by atoms with E-state index < -0.39 is 35.1 Å². The quantitative estimate of drug-likeness (QED) is 0.378. The predicted octanol–water partition coefficient (Wildman–Crippen LogP) is 3.23. The van der Waals surface area contributed by atoms with E-state index in [4.69, 9.17) is 25.8 Å². The fourth-order valence-electron chi connectivity index (χ4n) is 2.32. The van der Waals surface area contributed by atoms with Crippen LogP contribution in [0.5, 0.6) is 5.75 Å². The van der Waals surface area contributed by atoms with Gasteiger partial charge in [-0.1, -0.05) is 11.6 Å². The lowest BCUT2D eigenvalue weighted by Crippen LogP contribution is -2.21. The van der Waals surface area contributed by atoms with Crippen molar-refractivity contribution in [1.29, 1.82) is 0 Å². The Hall–Kier alpha value is -3.66. The molecule has 2 aromatic rings. The zero-order chi connectivity index (χ0) is 22.3. The minimum atomic E-state index is -1.02. The number of hydrogen-bond donors (Lipinski definition) is 1. The molecule has 0 spiro atoms. The third kappa shape index (κ3) is 5.92. The van der Waals surface area contributed by atoms with E-state index >= 15 is 0 Å². The van der Waals surface area contributed by atoms with Gasteiger partial charge >= 0.3 is 11.9 Å². The van der Waals surface area contributed by atoms with Gasteiger partial charge in [-0.15, -0.1) is 0 Å². The predicted molar refractivity (Wildman–Crippen MR) is 106 cm³/mol. The molecule has 30 heavy (non-hydrogen) atoms. The van der Waals surface area contributed by atoms with E-state index in [0.717, 1.165) is 18.2 Å². The van der Waals surface area contributed by atoms with E-state index in [1.165, 1.54) is 19.2 Å². The van der Waals surface area contributed by atoms with Crippen LogP contribution in [-0.2, 0) is 14.3 Å². The van der Waals surface area contributed by atoms with Gasteiger partial charge in [0.2, 0.25) is 0 Å². The van der Waals surface area contributed by atoms with Crippen molar-refractivity contribution >= 4 is 40.8 Å². The maximum atomic E-state index is 12.2. The highest BCUT2D eigenvalue weighted by atomic mass is 35.5. The number of nitro groups is 1. The first-order valence-electron chi connectivity index (χ1n) is 8.52. The van der Waals surface area contributed by atoms with Gasteiger partial charge in [-0.2, -0.15) is 0 Å². The first kappa shape index (κ1) is 22.6. The molecular weight excluding hydrogens is 420 g/mol. The van der Waals surface area contributed by atoms with Gasteiger partial charge in [0.15, 0.2) is 6.61 Å². The summed E-state index contributed by atoms with van der Waals surface area (Å²) in [5, 5.41) is 13.8. The van der Waals surface area contributed by atoms with E-state index in [0.29, 0.717) is 11.4 Å². The van der Waals surface area contributed by atoms with Gasteiger partial charge in [-0.05, 0) is 31.2 Å². The summed E-state index contributed by atoms with van der Waals surface area (Å²) in [7, 11) is 1.44. The highest BCUT2D eigenvalue weighted by Crippen LogP contribution is 2.27. The summed E-state index contributed by atoms with van der Waals surface area (Å²) < 4.78 is 14.7. The topological polar surface area (TPSA) is 134 Å². The van der Waals surface area contributed by atoms with E-state index in [1.807, 2.05) is 0 Å². The summed E-state index contributed by atoms with van der Waals surface area (Å²) >= 11 is 5.97. The summed E-state index contributed by atoms with van der Waals surface area (Å²) in [6.45, 7) is 0.954. The summed E-state index contributed by atoms with van der Waals surface area (Å²) in [6.07, 6.45) is 0. The number of rotatable bonds is 8. The number of hydrogen-bond acceptors (Lipinski definition) is 8. The van der Waals surface area contributed by atoms with Crippen LogP contribution in [0.1, 0.15) is 27.6 Å². The zero-order valence-corrected chi connectivity index (χ0v) is 16.7. The number of amides is 1. The molecule has 0 bridgehead atoms. The van der Waals surface area contributed by atoms with Crippen LogP contribution in [0, 0.1) is 10.1 Å². The van der Waals surface area contributed by atoms with Gasteiger partial charge in [0.25, 0.3) is 11.6 Å². The van der Waals surface area contributed by atoms with Crippen LogP contribution in [0.15, 0.2) is 36.4 Å². The molecule has 0 saturated carbocycles. The van der Waals surface area contributed by atoms with Crippen molar-refractivity contribution in [2.24, 2.45) is 0 Å². The van der Waals surface area contributed by atoms with Crippen LogP contribution in [0.2, 0.25) is 5.02 Å². The van der Waals surface area contributed by atoms with E-state index in [9.17, 15) is 24.5 Å². The van der Waals surface area contributed by atoms with Crippen LogP contribution in [0.3, 0.4) is 0 Å². The van der Waals surface area contributed by atoms with Crippen LogP contribution in [0.25, 0.3) is 0 Å². The summed E-state index contributed by atoms with van der Waals surface area (Å²) in [5.41, 5.74) is -0.602. The average Bonchev–Trinajstić information content (AvgIpc) is 2.72. The largest absolute Gasteiger partial charge is 0.495 e. The van der Waals surface area contributed by atoms with Crippen molar-refractivity contribution < 1.29 is 33.5 Å². The number of nitrogens with zero attached hydrogens (tertiary/aromatic N) is 1. The normalized spacial score (nSPS) is 10.1. The number of carbonyl (C=O) groups excluding carboxylic acids is 3. The molecule has 158 valence electrons. The number of methoxy groups -OCH3 is 1. The minimum Gasteiger partial charge on any atom is -0.495 e. The number of halogens is 1. The highest BCUT2D eigenvalue weighted by Gasteiger charge is 2.20. The molecule has 2 aromatic carbocycles. The van der Waals surface area contributed by atoms with Gasteiger partial charge in [-0.25, -0.2) is 9.59 Å². The molecule has 10 nitrogen and oxygen atoms in total. The molecule has 0 aliphatic carbocycles. The molecule has 0 aliphatic rings. The highest BCUT2D eigenvalue weighted by molar-refractivity contribution is 6.32. The number of non-ortho nitro benzene ring substituents is 1. The molecule has 0 unspecified atom stereocenters. The summed E-state index contributed by atoms with van der Waals surface area (Å²) in [6, 6.07) is 7.54. The number of esters is 2. The van der Waals surface area contributed by atoms with Gasteiger partial charge in [0.1, 0.15) is 5.75 Å². The zero-order valence-electron chi connectivity index (χ0n) is 16.0. The first-order chi connectivity index (χ1) is 14.2. The Kier molecular flexibility index (Phi) is 7.70. The first-order valence-corrected chi connectivity index (χ1v) is 8.90. The average molecular weight is 437 g/mol. The molecule has 0 fully saturated rings. The fourth-order valence-corrected chi connectivity index (χ4v) is 2.58.